The fourth-order valence-corrected chi connectivity index (χ4v) is 2.27. The molecule has 0 bridgehead atoms. The minimum absolute atomic E-state index is 0.522. The third-order valence-corrected chi connectivity index (χ3v) is 3.63. The van der Waals surface area contributed by atoms with Crippen molar-refractivity contribution in [2.45, 2.75) is 40.2 Å². The summed E-state index contributed by atoms with van der Waals surface area (Å²) in [5, 5.41) is 3.46. The molecule has 3 nitrogen and oxygen atoms in total. The van der Waals surface area contributed by atoms with E-state index in [9.17, 15) is 0 Å². The van der Waals surface area contributed by atoms with Gasteiger partial charge in [0.05, 0.1) is 13.2 Å². The molecule has 0 aromatic heterocycles. The third-order valence-electron chi connectivity index (χ3n) is 3.63. The molecule has 0 aliphatic rings. The zero-order valence-electron chi connectivity index (χ0n) is 15.0. The Kier molecular flexibility index (Phi) is 7.47. The summed E-state index contributed by atoms with van der Waals surface area (Å²) in [6.07, 6.45) is 2.22. The zero-order chi connectivity index (χ0) is 17.2. The monoisotopic (exact) mass is 327 g/mol. The predicted octanol–water partition coefficient (Wildman–Crippen LogP) is 5.51. The summed E-state index contributed by atoms with van der Waals surface area (Å²) in [4.78, 5) is 0. The van der Waals surface area contributed by atoms with Crippen molar-refractivity contribution in [3.05, 3.63) is 54.1 Å². The standard InChI is InChI=1S/C21H29NO2/c1-4-5-13-23-21-12-7-6-9-18(21)15-22-19-10-8-11-20(14-19)24-16-17(2)3/h6-12,14,17,22H,4-5,13,15-16H2,1-3H3. The van der Waals surface area contributed by atoms with E-state index in [1.165, 1.54) is 5.56 Å². The van der Waals surface area contributed by atoms with Crippen molar-refractivity contribution in [1.29, 1.82) is 0 Å². The normalized spacial score (nSPS) is 10.7. The van der Waals surface area contributed by atoms with Gasteiger partial charge in [-0.1, -0.05) is 51.5 Å². The van der Waals surface area contributed by atoms with Gasteiger partial charge in [0.25, 0.3) is 0 Å². The molecule has 0 radical (unpaired) electrons. The van der Waals surface area contributed by atoms with Crippen LogP contribution in [0.4, 0.5) is 5.69 Å². The van der Waals surface area contributed by atoms with Gasteiger partial charge < -0.3 is 14.8 Å². The van der Waals surface area contributed by atoms with Gasteiger partial charge in [0.2, 0.25) is 0 Å². The maximum Gasteiger partial charge on any atom is 0.124 e. The van der Waals surface area contributed by atoms with Crippen molar-refractivity contribution in [3.63, 3.8) is 0 Å². The largest absolute Gasteiger partial charge is 0.493 e. The van der Waals surface area contributed by atoms with E-state index < -0.39 is 0 Å². The Morgan fingerprint density at radius 1 is 1.00 bits per heavy atom. The van der Waals surface area contributed by atoms with Crippen LogP contribution >= 0.6 is 0 Å². The molecule has 0 spiro atoms. The number of nitrogens with one attached hydrogen (secondary N) is 1. The molecular formula is C21H29NO2. The second-order valence-corrected chi connectivity index (χ2v) is 6.40. The van der Waals surface area contributed by atoms with Gasteiger partial charge in [0, 0.05) is 23.9 Å². The molecule has 130 valence electrons. The summed E-state index contributed by atoms with van der Waals surface area (Å²) >= 11 is 0. The average Bonchev–Trinajstić information content (AvgIpc) is 2.60. The summed E-state index contributed by atoms with van der Waals surface area (Å²) in [6.45, 7) is 8.71. The molecule has 2 aromatic carbocycles. The van der Waals surface area contributed by atoms with Crippen LogP contribution in [-0.4, -0.2) is 13.2 Å². The molecule has 3 heteroatoms. The van der Waals surface area contributed by atoms with Gasteiger partial charge >= 0.3 is 0 Å². The van der Waals surface area contributed by atoms with Crippen LogP contribution in [0.5, 0.6) is 11.5 Å². The number of rotatable bonds is 10. The molecule has 2 aromatic rings. The Balaban J connectivity index is 1.94. The van der Waals surface area contributed by atoms with Gasteiger partial charge in [-0.25, -0.2) is 0 Å². The van der Waals surface area contributed by atoms with Gasteiger partial charge in [-0.3, -0.25) is 0 Å². The van der Waals surface area contributed by atoms with Crippen LogP contribution in [0.15, 0.2) is 48.5 Å². The first-order valence-electron chi connectivity index (χ1n) is 8.86. The van der Waals surface area contributed by atoms with Crippen molar-refractivity contribution in [2.24, 2.45) is 5.92 Å². The summed E-state index contributed by atoms with van der Waals surface area (Å²) in [5.74, 6) is 2.39. The maximum atomic E-state index is 5.89. The summed E-state index contributed by atoms with van der Waals surface area (Å²) in [5.41, 5.74) is 2.22. The number of ether oxygens (including phenoxy) is 2. The van der Waals surface area contributed by atoms with Crippen LogP contribution < -0.4 is 14.8 Å². The van der Waals surface area contributed by atoms with Crippen LogP contribution in [0.3, 0.4) is 0 Å². The molecule has 0 saturated carbocycles. The van der Waals surface area contributed by atoms with Crippen molar-refractivity contribution in [3.8, 4) is 11.5 Å². The molecule has 0 fully saturated rings. The van der Waals surface area contributed by atoms with Crippen LogP contribution in [0.1, 0.15) is 39.2 Å². The highest BCUT2D eigenvalue weighted by Crippen LogP contribution is 2.22. The lowest BCUT2D eigenvalue weighted by Gasteiger charge is -2.14. The highest BCUT2D eigenvalue weighted by atomic mass is 16.5. The van der Waals surface area contributed by atoms with E-state index in [2.05, 4.69) is 38.2 Å². The van der Waals surface area contributed by atoms with Gasteiger partial charge in [-0.05, 0) is 30.5 Å². The van der Waals surface area contributed by atoms with Crippen LogP contribution in [-0.2, 0) is 6.54 Å². The van der Waals surface area contributed by atoms with Gasteiger partial charge in [-0.15, -0.1) is 0 Å². The van der Waals surface area contributed by atoms with E-state index in [0.29, 0.717) is 5.92 Å². The molecule has 0 aliphatic heterocycles. The Bertz CT molecular complexity index is 610. The Hall–Kier alpha value is -2.16. The lowest BCUT2D eigenvalue weighted by Crippen LogP contribution is -2.06. The second-order valence-electron chi connectivity index (χ2n) is 6.40. The number of para-hydroxylation sites is 1. The maximum absolute atomic E-state index is 5.89. The molecule has 0 amide bonds. The van der Waals surface area contributed by atoms with E-state index in [0.717, 1.165) is 49.8 Å². The van der Waals surface area contributed by atoms with E-state index in [1.54, 1.807) is 0 Å². The second kappa shape index (κ2) is 9.86. The first-order valence-corrected chi connectivity index (χ1v) is 8.86. The first kappa shape index (κ1) is 18.2. The van der Waals surface area contributed by atoms with Gasteiger partial charge in [0.15, 0.2) is 0 Å². The van der Waals surface area contributed by atoms with E-state index in [4.69, 9.17) is 9.47 Å². The molecular weight excluding hydrogens is 298 g/mol. The molecule has 2 rings (SSSR count). The van der Waals surface area contributed by atoms with Crippen molar-refractivity contribution in [2.75, 3.05) is 18.5 Å². The highest BCUT2D eigenvalue weighted by Gasteiger charge is 2.04. The lowest BCUT2D eigenvalue weighted by atomic mass is 10.2. The van der Waals surface area contributed by atoms with E-state index in [1.807, 2.05) is 36.4 Å². The fraction of sp³-hybridized carbons (Fsp3) is 0.429. The average molecular weight is 327 g/mol. The highest BCUT2D eigenvalue weighted by molar-refractivity contribution is 5.49. The summed E-state index contributed by atoms with van der Waals surface area (Å²) < 4.78 is 11.7. The molecule has 1 N–H and O–H groups in total. The van der Waals surface area contributed by atoms with Gasteiger partial charge in [0.1, 0.15) is 11.5 Å². The van der Waals surface area contributed by atoms with Crippen molar-refractivity contribution in [1.82, 2.24) is 0 Å². The van der Waals surface area contributed by atoms with Crippen molar-refractivity contribution >= 4 is 5.69 Å². The summed E-state index contributed by atoms with van der Waals surface area (Å²) in [7, 11) is 0. The quantitative estimate of drug-likeness (QED) is 0.583. The van der Waals surface area contributed by atoms with Crippen molar-refractivity contribution < 1.29 is 9.47 Å². The molecule has 24 heavy (non-hydrogen) atoms. The van der Waals surface area contributed by atoms with Crippen LogP contribution in [0.25, 0.3) is 0 Å². The number of hydrogen-bond donors (Lipinski definition) is 1. The fourth-order valence-electron chi connectivity index (χ4n) is 2.27. The zero-order valence-corrected chi connectivity index (χ0v) is 15.0. The predicted molar refractivity (Wildman–Crippen MR) is 101 cm³/mol. The molecule has 0 aliphatic carbocycles. The smallest absolute Gasteiger partial charge is 0.124 e. The number of hydrogen-bond acceptors (Lipinski definition) is 3. The SMILES string of the molecule is CCCCOc1ccccc1CNc1cccc(OCC(C)C)c1. The minimum Gasteiger partial charge on any atom is -0.493 e. The molecule has 0 saturated heterocycles. The number of benzene rings is 2. The topological polar surface area (TPSA) is 30.5 Å². The third kappa shape index (κ3) is 6.15. The van der Waals surface area contributed by atoms with E-state index >= 15 is 0 Å². The van der Waals surface area contributed by atoms with Crippen LogP contribution in [0.2, 0.25) is 0 Å². The lowest BCUT2D eigenvalue weighted by molar-refractivity contribution is 0.271. The Labute approximate surface area is 146 Å². The minimum atomic E-state index is 0.522. The van der Waals surface area contributed by atoms with E-state index in [-0.39, 0.29) is 0 Å². The molecule has 0 atom stereocenters. The molecule has 0 unspecified atom stereocenters. The Morgan fingerprint density at radius 2 is 1.83 bits per heavy atom. The summed E-state index contributed by atoms with van der Waals surface area (Å²) in [6, 6.07) is 16.3. The van der Waals surface area contributed by atoms with Gasteiger partial charge in [-0.2, -0.15) is 0 Å². The molecule has 0 heterocycles. The number of anilines is 1. The van der Waals surface area contributed by atoms with Crippen LogP contribution in [0, 0.1) is 5.92 Å². The first-order chi connectivity index (χ1) is 11.7. The number of unbranched alkanes of at least 4 members (excludes halogenated alkanes) is 1. The Morgan fingerprint density at radius 3 is 2.62 bits per heavy atom.